The van der Waals surface area contributed by atoms with E-state index in [1.54, 1.807) is 24.3 Å². The number of aryl methyl sites for hydroxylation is 1. The molecule has 1 aliphatic rings. The standard InChI is InChI=1S/C21H22N4O2S/c1-14-23-21(28-24-14)19-3-2-12-25(19)13-15-4-8-17(9-5-15)27-18-10-6-16(7-11-18)20(22)26/h4-11,19H,2-3,12-13H2,1H3,(H2,22,26). The van der Waals surface area contributed by atoms with Crippen LogP contribution >= 0.6 is 11.5 Å². The Morgan fingerprint density at radius 3 is 2.46 bits per heavy atom. The van der Waals surface area contributed by atoms with Gasteiger partial charge in [0.15, 0.2) is 0 Å². The van der Waals surface area contributed by atoms with Crippen molar-refractivity contribution in [3.8, 4) is 11.5 Å². The summed E-state index contributed by atoms with van der Waals surface area (Å²) in [7, 11) is 0. The molecule has 0 aliphatic carbocycles. The first-order chi connectivity index (χ1) is 13.6. The third kappa shape index (κ3) is 4.21. The van der Waals surface area contributed by atoms with Crippen molar-refractivity contribution in [2.24, 2.45) is 5.73 Å². The van der Waals surface area contributed by atoms with Crippen LogP contribution in [0.5, 0.6) is 11.5 Å². The smallest absolute Gasteiger partial charge is 0.248 e. The fourth-order valence-corrected chi connectivity index (χ4v) is 4.29. The highest BCUT2D eigenvalue weighted by atomic mass is 32.1. The molecule has 1 amide bonds. The maximum atomic E-state index is 11.1. The topological polar surface area (TPSA) is 81.3 Å². The highest BCUT2D eigenvalue weighted by Crippen LogP contribution is 2.34. The average Bonchev–Trinajstić information content (AvgIpc) is 3.32. The van der Waals surface area contributed by atoms with Crippen LogP contribution in [-0.4, -0.2) is 26.7 Å². The molecule has 1 aliphatic heterocycles. The predicted molar refractivity (Wildman–Crippen MR) is 109 cm³/mol. The molecule has 0 saturated carbocycles. The summed E-state index contributed by atoms with van der Waals surface area (Å²) >= 11 is 1.52. The minimum absolute atomic E-state index is 0.367. The Kier molecular flexibility index (Phi) is 5.36. The van der Waals surface area contributed by atoms with E-state index >= 15 is 0 Å². The van der Waals surface area contributed by atoms with E-state index < -0.39 is 5.91 Å². The van der Waals surface area contributed by atoms with Gasteiger partial charge in [0.1, 0.15) is 22.3 Å². The molecule has 3 aromatic rings. The van der Waals surface area contributed by atoms with Crippen LogP contribution in [0.4, 0.5) is 0 Å². The minimum Gasteiger partial charge on any atom is -0.457 e. The third-order valence-corrected chi connectivity index (χ3v) is 5.78. The quantitative estimate of drug-likeness (QED) is 0.681. The highest BCUT2D eigenvalue weighted by Gasteiger charge is 2.28. The van der Waals surface area contributed by atoms with Gasteiger partial charge in [0.25, 0.3) is 0 Å². The number of likely N-dealkylation sites (tertiary alicyclic amines) is 1. The van der Waals surface area contributed by atoms with Crippen LogP contribution in [0.15, 0.2) is 48.5 Å². The lowest BCUT2D eigenvalue weighted by molar-refractivity contribution is 0.100. The number of carbonyl (C=O) groups is 1. The van der Waals surface area contributed by atoms with E-state index in [-0.39, 0.29) is 0 Å². The first kappa shape index (κ1) is 18.6. The van der Waals surface area contributed by atoms with E-state index in [4.69, 9.17) is 10.5 Å². The number of nitrogens with two attached hydrogens (primary N) is 1. The zero-order valence-corrected chi connectivity index (χ0v) is 16.5. The van der Waals surface area contributed by atoms with Gasteiger partial charge in [-0.15, -0.1) is 0 Å². The van der Waals surface area contributed by atoms with E-state index in [0.717, 1.165) is 36.1 Å². The van der Waals surface area contributed by atoms with Crippen LogP contribution in [0.1, 0.15) is 45.6 Å². The number of carbonyl (C=O) groups excluding carboxylic acids is 1. The second-order valence-corrected chi connectivity index (χ2v) is 7.73. The van der Waals surface area contributed by atoms with Gasteiger partial charge in [0.2, 0.25) is 5.91 Å². The molecule has 1 unspecified atom stereocenters. The Balaban J connectivity index is 1.39. The Bertz CT molecular complexity index is 953. The fourth-order valence-electron chi connectivity index (χ4n) is 3.46. The van der Waals surface area contributed by atoms with Crippen molar-refractivity contribution < 1.29 is 9.53 Å². The summed E-state index contributed by atoms with van der Waals surface area (Å²) in [5, 5.41) is 1.12. The minimum atomic E-state index is -0.445. The number of rotatable bonds is 6. The molecule has 28 heavy (non-hydrogen) atoms. The van der Waals surface area contributed by atoms with Crippen LogP contribution in [0.3, 0.4) is 0 Å². The lowest BCUT2D eigenvalue weighted by Gasteiger charge is -2.22. The van der Waals surface area contributed by atoms with Crippen molar-refractivity contribution >= 4 is 17.4 Å². The number of aromatic nitrogens is 2. The highest BCUT2D eigenvalue weighted by molar-refractivity contribution is 7.05. The van der Waals surface area contributed by atoms with Gasteiger partial charge in [-0.3, -0.25) is 9.69 Å². The van der Waals surface area contributed by atoms with Crippen LogP contribution in [0.2, 0.25) is 0 Å². The Morgan fingerprint density at radius 2 is 1.86 bits per heavy atom. The van der Waals surface area contributed by atoms with Crippen molar-refractivity contribution in [3.63, 3.8) is 0 Å². The molecular weight excluding hydrogens is 372 g/mol. The molecule has 1 fully saturated rings. The molecule has 0 spiro atoms. The number of hydrogen-bond donors (Lipinski definition) is 1. The average molecular weight is 395 g/mol. The molecule has 0 radical (unpaired) electrons. The van der Waals surface area contributed by atoms with Crippen LogP contribution in [0.25, 0.3) is 0 Å². The zero-order valence-electron chi connectivity index (χ0n) is 15.7. The molecule has 2 N–H and O–H groups in total. The van der Waals surface area contributed by atoms with Crippen LogP contribution in [0, 0.1) is 6.92 Å². The van der Waals surface area contributed by atoms with Crippen molar-refractivity contribution in [1.82, 2.24) is 14.3 Å². The maximum absolute atomic E-state index is 11.1. The van der Waals surface area contributed by atoms with Gasteiger partial charge in [-0.1, -0.05) is 12.1 Å². The molecule has 6 nitrogen and oxygen atoms in total. The molecule has 144 valence electrons. The molecule has 7 heteroatoms. The second-order valence-electron chi connectivity index (χ2n) is 6.94. The van der Waals surface area contributed by atoms with Crippen molar-refractivity contribution in [2.45, 2.75) is 32.4 Å². The zero-order chi connectivity index (χ0) is 19.5. The van der Waals surface area contributed by atoms with Gasteiger partial charge in [-0.25, -0.2) is 4.98 Å². The van der Waals surface area contributed by atoms with Gasteiger partial charge < -0.3 is 10.5 Å². The summed E-state index contributed by atoms with van der Waals surface area (Å²) in [6.45, 7) is 3.91. The summed E-state index contributed by atoms with van der Waals surface area (Å²) in [5.74, 6) is 1.84. The normalized spacial score (nSPS) is 17.0. The van der Waals surface area contributed by atoms with E-state index in [2.05, 4.69) is 26.4 Å². The SMILES string of the molecule is Cc1nsc(C2CCCN2Cc2ccc(Oc3ccc(C(N)=O)cc3)cc2)n1. The second kappa shape index (κ2) is 8.08. The number of hydrogen-bond acceptors (Lipinski definition) is 6. The number of benzene rings is 2. The van der Waals surface area contributed by atoms with Gasteiger partial charge in [0, 0.05) is 12.1 Å². The van der Waals surface area contributed by atoms with Crippen molar-refractivity contribution in [3.05, 3.63) is 70.5 Å². The first-order valence-corrected chi connectivity index (χ1v) is 10.1. The lowest BCUT2D eigenvalue weighted by Crippen LogP contribution is -2.22. The van der Waals surface area contributed by atoms with Crippen molar-refractivity contribution in [2.75, 3.05) is 6.54 Å². The Hall–Kier alpha value is -2.77. The van der Waals surface area contributed by atoms with E-state index in [1.165, 1.54) is 23.5 Å². The van der Waals surface area contributed by atoms with Gasteiger partial charge >= 0.3 is 0 Å². The lowest BCUT2D eigenvalue weighted by atomic mass is 10.1. The number of nitrogens with zero attached hydrogens (tertiary/aromatic N) is 3. The molecule has 1 aromatic heterocycles. The molecular formula is C21H22N4O2S. The van der Waals surface area contributed by atoms with E-state index in [0.29, 0.717) is 17.4 Å². The number of primary amides is 1. The predicted octanol–water partition coefficient (Wildman–Crippen LogP) is 4.07. The summed E-state index contributed by atoms with van der Waals surface area (Å²) in [6, 6.07) is 15.3. The Morgan fingerprint density at radius 1 is 1.18 bits per heavy atom. The third-order valence-electron chi connectivity index (χ3n) is 4.88. The summed E-state index contributed by atoms with van der Waals surface area (Å²) < 4.78 is 10.2. The molecule has 0 bridgehead atoms. The maximum Gasteiger partial charge on any atom is 0.248 e. The van der Waals surface area contributed by atoms with Crippen molar-refractivity contribution in [1.29, 1.82) is 0 Å². The summed E-state index contributed by atoms with van der Waals surface area (Å²) in [6.07, 6.45) is 2.32. The monoisotopic (exact) mass is 394 g/mol. The van der Waals surface area contributed by atoms with Gasteiger partial charge in [-0.2, -0.15) is 4.37 Å². The van der Waals surface area contributed by atoms with Gasteiger partial charge in [-0.05, 0) is 79.8 Å². The number of ether oxygens (including phenoxy) is 1. The molecule has 1 saturated heterocycles. The van der Waals surface area contributed by atoms with Crippen LogP contribution in [-0.2, 0) is 6.54 Å². The molecule has 4 rings (SSSR count). The van der Waals surface area contributed by atoms with E-state index in [9.17, 15) is 4.79 Å². The summed E-state index contributed by atoms with van der Waals surface area (Å²) in [5.41, 5.74) is 6.96. The summed E-state index contributed by atoms with van der Waals surface area (Å²) in [4.78, 5) is 18.2. The molecule has 1 atom stereocenters. The fraction of sp³-hybridized carbons (Fsp3) is 0.286. The van der Waals surface area contributed by atoms with Gasteiger partial charge in [0.05, 0.1) is 6.04 Å². The first-order valence-electron chi connectivity index (χ1n) is 9.29. The largest absolute Gasteiger partial charge is 0.457 e. The van der Waals surface area contributed by atoms with E-state index in [1.807, 2.05) is 19.1 Å². The molecule has 2 heterocycles. The molecule has 2 aromatic carbocycles. The Labute approximate surface area is 168 Å². The number of amides is 1. The van der Waals surface area contributed by atoms with Crippen LogP contribution < -0.4 is 10.5 Å².